The number of carbonyl (C=O) groups is 2. The number of halogens is 1. The molecule has 3 aromatic carbocycles. The Morgan fingerprint density at radius 2 is 1.46 bits per heavy atom. The van der Waals surface area contributed by atoms with Crippen LogP contribution in [0.4, 0.5) is 4.39 Å². The molecule has 3 heteroatoms. The average molecular weight is 471 g/mol. The first-order valence-electron chi connectivity index (χ1n) is 12.1. The number of allylic oxidation sites excluding steroid dienone is 2. The van der Waals surface area contributed by atoms with Gasteiger partial charge in [-0.2, -0.15) is 0 Å². The molecular weight excluding hydrogens is 435 g/mol. The third-order valence-corrected chi connectivity index (χ3v) is 5.94. The summed E-state index contributed by atoms with van der Waals surface area (Å²) in [6.07, 6.45) is 4.11. The predicted octanol–water partition coefficient (Wildman–Crippen LogP) is 8.22. The first-order chi connectivity index (χ1) is 16.3. The maximum atomic E-state index is 13.5. The lowest BCUT2D eigenvalue weighted by Gasteiger charge is -2.25. The third kappa shape index (κ3) is 7.32. The molecule has 1 atom stereocenters. The predicted molar refractivity (Wildman–Crippen MR) is 142 cm³/mol. The Bertz CT molecular complexity index is 1200. The van der Waals surface area contributed by atoms with Gasteiger partial charge in [-0.15, -0.1) is 0 Å². The Morgan fingerprint density at radius 3 is 2.03 bits per heavy atom. The highest BCUT2D eigenvalue weighted by atomic mass is 19.1. The zero-order valence-corrected chi connectivity index (χ0v) is 21.6. The topological polar surface area (TPSA) is 34.1 Å². The van der Waals surface area contributed by atoms with Gasteiger partial charge in [0.05, 0.1) is 0 Å². The van der Waals surface area contributed by atoms with Crippen LogP contribution in [0.25, 0.3) is 11.1 Å². The van der Waals surface area contributed by atoms with Crippen molar-refractivity contribution in [2.45, 2.75) is 53.9 Å². The molecule has 3 aromatic rings. The van der Waals surface area contributed by atoms with E-state index in [4.69, 9.17) is 0 Å². The molecule has 0 saturated heterocycles. The van der Waals surface area contributed by atoms with Crippen molar-refractivity contribution in [2.75, 3.05) is 0 Å². The van der Waals surface area contributed by atoms with Gasteiger partial charge < -0.3 is 0 Å². The van der Waals surface area contributed by atoms with Crippen molar-refractivity contribution < 1.29 is 14.0 Å². The molecule has 0 amide bonds. The van der Waals surface area contributed by atoms with Crippen LogP contribution in [0.5, 0.6) is 0 Å². The maximum absolute atomic E-state index is 13.5. The lowest BCUT2D eigenvalue weighted by Crippen LogP contribution is -2.28. The van der Waals surface area contributed by atoms with Crippen molar-refractivity contribution in [3.05, 3.63) is 107 Å². The van der Waals surface area contributed by atoms with Crippen LogP contribution < -0.4 is 0 Å². The molecule has 0 aliphatic rings. The number of carbonyl (C=O) groups excluding carboxylic acids is 2. The van der Waals surface area contributed by atoms with E-state index < -0.39 is 5.41 Å². The Kier molecular flexibility index (Phi) is 7.90. The van der Waals surface area contributed by atoms with Gasteiger partial charge >= 0.3 is 0 Å². The molecule has 35 heavy (non-hydrogen) atoms. The van der Waals surface area contributed by atoms with Crippen LogP contribution in [-0.2, 0) is 11.2 Å². The summed E-state index contributed by atoms with van der Waals surface area (Å²) < 4.78 is 13.5. The Hall–Kier alpha value is -3.33. The standard InChI is InChI=1S/C32H35FO2/c1-31(2,3)19-18-29(34)26-9-7-8-25(21-26)23-12-10-22(11-13-23)20-28(30(35)32(4,5)6)24-14-16-27(33)17-15-24/h7-19,21,28H,20H2,1-6H3/b19-18-. The molecule has 0 aromatic heterocycles. The van der Waals surface area contributed by atoms with E-state index in [0.717, 1.165) is 22.3 Å². The molecule has 0 radical (unpaired) electrons. The minimum absolute atomic E-state index is 0.0128. The van der Waals surface area contributed by atoms with Crippen LogP contribution in [0, 0.1) is 16.6 Å². The van der Waals surface area contributed by atoms with E-state index in [2.05, 4.69) is 20.8 Å². The molecule has 0 spiro atoms. The molecule has 0 aliphatic heterocycles. The third-order valence-electron chi connectivity index (χ3n) is 5.94. The summed E-state index contributed by atoms with van der Waals surface area (Å²) in [6, 6.07) is 21.9. The number of hydrogen-bond acceptors (Lipinski definition) is 2. The smallest absolute Gasteiger partial charge is 0.185 e. The lowest BCUT2D eigenvalue weighted by molar-refractivity contribution is -0.127. The highest BCUT2D eigenvalue weighted by molar-refractivity contribution is 6.05. The SMILES string of the molecule is CC(C)(C)/C=C\C(=O)c1cccc(-c2ccc(CC(C(=O)C(C)(C)C)c3ccc(F)cc3)cc2)c1. The van der Waals surface area contributed by atoms with Gasteiger partial charge in [0.1, 0.15) is 11.6 Å². The van der Waals surface area contributed by atoms with Gasteiger partial charge in [-0.05, 0) is 58.4 Å². The summed E-state index contributed by atoms with van der Waals surface area (Å²) in [5, 5.41) is 0. The first kappa shape index (κ1) is 26.3. The molecule has 0 heterocycles. The monoisotopic (exact) mass is 470 g/mol. The zero-order chi connectivity index (χ0) is 25.8. The maximum Gasteiger partial charge on any atom is 0.185 e. The van der Waals surface area contributed by atoms with E-state index >= 15 is 0 Å². The molecule has 2 nitrogen and oxygen atoms in total. The molecule has 0 bridgehead atoms. The van der Waals surface area contributed by atoms with Crippen LogP contribution in [0.1, 0.15) is 68.9 Å². The summed E-state index contributed by atoms with van der Waals surface area (Å²) in [6.45, 7) is 11.9. The van der Waals surface area contributed by atoms with E-state index in [-0.39, 0.29) is 28.7 Å². The quantitative estimate of drug-likeness (QED) is 0.257. The normalized spacial score (nSPS) is 13.1. The van der Waals surface area contributed by atoms with Crippen molar-refractivity contribution in [2.24, 2.45) is 10.8 Å². The summed E-state index contributed by atoms with van der Waals surface area (Å²) in [4.78, 5) is 25.8. The molecule has 182 valence electrons. The summed E-state index contributed by atoms with van der Waals surface area (Å²) >= 11 is 0. The van der Waals surface area contributed by atoms with E-state index in [1.54, 1.807) is 18.2 Å². The van der Waals surface area contributed by atoms with Gasteiger partial charge in [-0.25, -0.2) is 4.39 Å². The fourth-order valence-corrected chi connectivity index (χ4v) is 3.92. The number of benzene rings is 3. The Balaban J connectivity index is 1.84. The minimum atomic E-state index is -0.507. The van der Waals surface area contributed by atoms with Crippen LogP contribution >= 0.6 is 0 Å². The molecule has 0 aliphatic carbocycles. The van der Waals surface area contributed by atoms with Crippen LogP contribution in [0.2, 0.25) is 0 Å². The Labute approximate surface area is 208 Å². The van der Waals surface area contributed by atoms with E-state index in [1.807, 2.05) is 75.4 Å². The van der Waals surface area contributed by atoms with Crippen molar-refractivity contribution in [3.8, 4) is 11.1 Å². The second-order valence-corrected chi connectivity index (χ2v) is 11.3. The highest BCUT2D eigenvalue weighted by Gasteiger charge is 2.30. The van der Waals surface area contributed by atoms with Crippen LogP contribution in [0.3, 0.4) is 0 Å². The van der Waals surface area contributed by atoms with Gasteiger partial charge in [0.25, 0.3) is 0 Å². The van der Waals surface area contributed by atoms with Gasteiger partial charge in [-0.1, -0.05) is 102 Å². The molecule has 0 saturated carbocycles. The minimum Gasteiger partial charge on any atom is -0.298 e. The van der Waals surface area contributed by atoms with Crippen molar-refractivity contribution in [1.82, 2.24) is 0 Å². The Morgan fingerprint density at radius 1 is 0.829 bits per heavy atom. The van der Waals surface area contributed by atoms with Crippen molar-refractivity contribution in [1.29, 1.82) is 0 Å². The zero-order valence-electron chi connectivity index (χ0n) is 21.6. The van der Waals surface area contributed by atoms with Crippen LogP contribution in [0.15, 0.2) is 84.9 Å². The number of rotatable bonds is 7. The van der Waals surface area contributed by atoms with E-state index in [9.17, 15) is 14.0 Å². The summed E-state index contributed by atoms with van der Waals surface area (Å²) in [5.74, 6) is -0.546. The highest BCUT2D eigenvalue weighted by Crippen LogP contribution is 2.31. The average Bonchev–Trinajstić information content (AvgIpc) is 2.80. The number of Topliss-reactive ketones (excluding diaryl/α,β-unsaturated/α-hetero) is 1. The van der Waals surface area contributed by atoms with Gasteiger partial charge in [0, 0.05) is 16.9 Å². The fraction of sp³-hybridized carbons (Fsp3) is 0.312. The lowest BCUT2D eigenvalue weighted by atomic mass is 9.77. The molecule has 1 unspecified atom stereocenters. The molecular formula is C32H35FO2. The summed E-state index contributed by atoms with van der Waals surface area (Å²) in [5.41, 5.74) is 3.91. The second kappa shape index (κ2) is 10.5. The van der Waals surface area contributed by atoms with Crippen molar-refractivity contribution in [3.63, 3.8) is 0 Å². The summed E-state index contributed by atoms with van der Waals surface area (Å²) in [7, 11) is 0. The molecule has 0 N–H and O–H groups in total. The number of ketones is 2. The molecule has 0 fully saturated rings. The van der Waals surface area contributed by atoms with Crippen molar-refractivity contribution >= 4 is 11.6 Å². The van der Waals surface area contributed by atoms with Gasteiger partial charge in [0.15, 0.2) is 5.78 Å². The first-order valence-corrected chi connectivity index (χ1v) is 12.1. The van der Waals surface area contributed by atoms with Gasteiger partial charge in [-0.3, -0.25) is 9.59 Å². The fourth-order valence-electron chi connectivity index (χ4n) is 3.92. The van der Waals surface area contributed by atoms with Gasteiger partial charge in [0.2, 0.25) is 0 Å². The number of hydrogen-bond donors (Lipinski definition) is 0. The van der Waals surface area contributed by atoms with E-state index in [1.165, 1.54) is 12.1 Å². The molecule has 3 rings (SSSR count). The van der Waals surface area contributed by atoms with E-state index in [0.29, 0.717) is 12.0 Å². The second-order valence-electron chi connectivity index (χ2n) is 11.3. The van der Waals surface area contributed by atoms with Crippen LogP contribution in [-0.4, -0.2) is 11.6 Å². The largest absolute Gasteiger partial charge is 0.298 e.